The van der Waals surface area contributed by atoms with Crippen LogP contribution in [0, 0.1) is 11.6 Å². The Balaban J connectivity index is 2.32. The van der Waals surface area contributed by atoms with Crippen LogP contribution in [-0.2, 0) is 12.0 Å². The Morgan fingerprint density at radius 1 is 1.14 bits per heavy atom. The SMILES string of the molecule is CCC(N)(Cc1ccc(OC)c(F)c1)c1cccc(F)c1. The largest absolute Gasteiger partial charge is 0.494 e. The van der Waals surface area contributed by atoms with Gasteiger partial charge in [0.25, 0.3) is 0 Å². The molecule has 0 heterocycles. The van der Waals surface area contributed by atoms with E-state index >= 15 is 0 Å². The third-order valence-corrected chi connectivity index (χ3v) is 3.77. The molecule has 0 radical (unpaired) electrons. The molecular formula is C17H19F2NO. The Labute approximate surface area is 123 Å². The summed E-state index contributed by atoms with van der Waals surface area (Å²) in [4.78, 5) is 0. The highest BCUT2D eigenvalue weighted by Gasteiger charge is 2.26. The minimum Gasteiger partial charge on any atom is -0.494 e. The van der Waals surface area contributed by atoms with Crippen LogP contribution in [0.25, 0.3) is 0 Å². The van der Waals surface area contributed by atoms with Crippen LogP contribution in [0.1, 0.15) is 24.5 Å². The third-order valence-electron chi connectivity index (χ3n) is 3.77. The van der Waals surface area contributed by atoms with Gasteiger partial charge in [0.1, 0.15) is 5.82 Å². The van der Waals surface area contributed by atoms with Gasteiger partial charge in [-0.25, -0.2) is 8.78 Å². The summed E-state index contributed by atoms with van der Waals surface area (Å²) < 4.78 is 32.1. The molecule has 4 heteroatoms. The van der Waals surface area contributed by atoms with Crippen molar-refractivity contribution in [1.29, 1.82) is 0 Å². The maximum absolute atomic E-state index is 13.8. The van der Waals surface area contributed by atoms with E-state index in [1.807, 2.05) is 6.92 Å². The number of rotatable bonds is 5. The van der Waals surface area contributed by atoms with Crippen molar-refractivity contribution in [3.63, 3.8) is 0 Å². The molecule has 0 aliphatic heterocycles. The first-order valence-electron chi connectivity index (χ1n) is 6.86. The number of ether oxygens (including phenoxy) is 1. The summed E-state index contributed by atoms with van der Waals surface area (Å²) >= 11 is 0. The number of nitrogens with two attached hydrogens (primary N) is 1. The molecule has 2 aromatic rings. The molecule has 0 aromatic heterocycles. The average molecular weight is 291 g/mol. The van der Waals surface area contributed by atoms with Crippen LogP contribution in [0.3, 0.4) is 0 Å². The fraction of sp³-hybridized carbons (Fsp3) is 0.294. The van der Waals surface area contributed by atoms with Gasteiger partial charge < -0.3 is 10.5 Å². The minimum absolute atomic E-state index is 0.198. The molecule has 0 fully saturated rings. The molecule has 1 atom stereocenters. The van der Waals surface area contributed by atoms with Gasteiger partial charge in [0, 0.05) is 5.54 Å². The maximum atomic E-state index is 13.8. The fourth-order valence-electron chi connectivity index (χ4n) is 2.41. The smallest absolute Gasteiger partial charge is 0.165 e. The van der Waals surface area contributed by atoms with Gasteiger partial charge in [-0.3, -0.25) is 0 Å². The van der Waals surface area contributed by atoms with E-state index in [9.17, 15) is 8.78 Å². The first-order valence-corrected chi connectivity index (χ1v) is 6.86. The lowest BCUT2D eigenvalue weighted by Gasteiger charge is -2.29. The third kappa shape index (κ3) is 3.39. The van der Waals surface area contributed by atoms with Crippen molar-refractivity contribution in [3.05, 3.63) is 65.2 Å². The highest BCUT2D eigenvalue weighted by Crippen LogP contribution is 2.28. The molecule has 0 aliphatic rings. The molecule has 2 nitrogen and oxygen atoms in total. The normalized spacial score (nSPS) is 13.8. The van der Waals surface area contributed by atoms with Crippen LogP contribution in [0.15, 0.2) is 42.5 Å². The molecule has 2 rings (SSSR count). The molecule has 2 aromatic carbocycles. The summed E-state index contributed by atoms with van der Waals surface area (Å²) in [5.74, 6) is -0.548. The zero-order chi connectivity index (χ0) is 15.5. The van der Waals surface area contributed by atoms with E-state index in [-0.39, 0.29) is 11.6 Å². The number of hydrogen-bond acceptors (Lipinski definition) is 2. The summed E-state index contributed by atoms with van der Waals surface area (Å²) in [5, 5.41) is 0. The van der Waals surface area contributed by atoms with E-state index in [1.54, 1.807) is 24.3 Å². The second kappa shape index (κ2) is 6.22. The highest BCUT2D eigenvalue weighted by molar-refractivity contribution is 5.33. The lowest BCUT2D eigenvalue weighted by molar-refractivity contribution is 0.384. The molecule has 0 saturated carbocycles. The van der Waals surface area contributed by atoms with E-state index in [2.05, 4.69) is 0 Å². The number of benzene rings is 2. The van der Waals surface area contributed by atoms with Crippen molar-refractivity contribution in [2.24, 2.45) is 5.73 Å². The second-order valence-corrected chi connectivity index (χ2v) is 5.17. The average Bonchev–Trinajstić information content (AvgIpc) is 2.47. The van der Waals surface area contributed by atoms with Crippen LogP contribution in [0.5, 0.6) is 5.75 Å². The lowest BCUT2D eigenvalue weighted by atomic mass is 9.82. The van der Waals surface area contributed by atoms with Gasteiger partial charge >= 0.3 is 0 Å². The Bertz CT molecular complexity index is 630. The Hall–Kier alpha value is -1.94. The van der Waals surface area contributed by atoms with E-state index in [0.29, 0.717) is 18.4 Å². The monoisotopic (exact) mass is 291 g/mol. The van der Waals surface area contributed by atoms with Crippen molar-refractivity contribution in [2.45, 2.75) is 25.3 Å². The van der Waals surface area contributed by atoms with Crippen LogP contribution >= 0.6 is 0 Å². The number of halogens is 2. The van der Waals surface area contributed by atoms with Crippen molar-refractivity contribution in [2.75, 3.05) is 7.11 Å². The summed E-state index contributed by atoms with van der Waals surface area (Å²) in [5.41, 5.74) is 7.15. The van der Waals surface area contributed by atoms with Crippen LogP contribution in [-0.4, -0.2) is 7.11 Å². The van der Waals surface area contributed by atoms with Crippen LogP contribution in [0.2, 0.25) is 0 Å². The quantitative estimate of drug-likeness (QED) is 0.910. The first-order chi connectivity index (χ1) is 9.98. The van der Waals surface area contributed by atoms with Crippen molar-refractivity contribution >= 4 is 0 Å². The molecule has 0 saturated heterocycles. The maximum Gasteiger partial charge on any atom is 0.165 e. The standard InChI is InChI=1S/C17H19F2NO/c1-3-17(20,13-5-4-6-14(18)10-13)11-12-7-8-16(21-2)15(19)9-12/h4-10H,3,11,20H2,1-2H3. The fourth-order valence-corrected chi connectivity index (χ4v) is 2.41. The van der Waals surface area contributed by atoms with E-state index in [0.717, 1.165) is 5.56 Å². The van der Waals surface area contributed by atoms with E-state index in [4.69, 9.17) is 10.5 Å². The molecule has 0 aliphatic carbocycles. The first kappa shape index (κ1) is 15.4. The Morgan fingerprint density at radius 2 is 1.90 bits per heavy atom. The van der Waals surface area contributed by atoms with Crippen molar-refractivity contribution in [3.8, 4) is 5.75 Å². The van der Waals surface area contributed by atoms with E-state index < -0.39 is 11.4 Å². The minimum atomic E-state index is -0.733. The topological polar surface area (TPSA) is 35.2 Å². The number of hydrogen-bond donors (Lipinski definition) is 1. The Kier molecular flexibility index (Phi) is 4.58. The lowest BCUT2D eigenvalue weighted by Crippen LogP contribution is -2.38. The predicted molar refractivity (Wildman–Crippen MR) is 79.2 cm³/mol. The van der Waals surface area contributed by atoms with Gasteiger partial charge in [0.2, 0.25) is 0 Å². The zero-order valence-corrected chi connectivity index (χ0v) is 12.2. The van der Waals surface area contributed by atoms with Crippen molar-refractivity contribution < 1.29 is 13.5 Å². The van der Waals surface area contributed by atoms with E-state index in [1.165, 1.54) is 25.3 Å². The number of methoxy groups -OCH3 is 1. The molecule has 0 bridgehead atoms. The predicted octanol–water partition coefficient (Wildman–Crippen LogP) is 3.78. The molecule has 0 spiro atoms. The van der Waals surface area contributed by atoms with Crippen LogP contribution in [0.4, 0.5) is 8.78 Å². The van der Waals surface area contributed by atoms with Gasteiger partial charge in [0.15, 0.2) is 11.6 Å². The van der Waals surface area contributed by atoms with Gasteiger partial charge in [-0.2, -0.15) is 0 Å². The zero-order valence-electron chi connectivity index (χ0n) is 12.2. The highest BCUT2D eigenvalue weighted by atomic mass is 19.1. The van der Waals surface area contributed by atoms with Crippen molar-refractivity contribution in [1.82, 2.24) is 0 Å². The Morgan fingerprint density at radius 3 is 2.48 bits per heavy atom. The second-order valence-electron chi connectivity index (χ2n) is 5.17. The molecule has 112 valence electrons. The van der Waals surface area contributed by atoms with Gasteiger partial charge in [-0.05, 0) is 48.2 Å². The summed E-state index contributed by atoms with van der Waals surface area (Å²) in [6.45, 7) is 1.94. The van der Waals surface area contributed by atoms with Gasteiger partial charge in [0.05, 0.1) is 7.11 Å². The van der Waals surface area contributed by atoms with Gasteiger partial charge in [-0.15, -0.1) is 0 Å². The van der Waals surface area contributed by atoms with Gasteiger partial charge in [-0.1, -0.05) is 25.1 Å². The summed E-state index contributed by atoms with van der Waals surface area (Å²) in [7, 11) is 1.42. The van der Waals surface area contributed by atoms with Crippen LogP contribution < -0.4 is 10.5 Å². The molecular weight excluding hydrogens is 272 g/mol. The molecule has 2 N–H and O–H groups in total. The molecule has 21 heavy (non-hydrogen) atoms. The summed E-state index contributed by atoms with van der Waals surface area (Å²) in [6.07, 6.45) is 1.04. The molecule has 0 amide bonds. The molecule has 1 unspecified atom stereocenters. The summed E-state index contributed by atoms with van der Waals surface area (Å²) in [6, 6.07) is 11.0.